The van der Waals surface area contributed by atoms with E-state index >= 15 is 0 Å². The maximum absolute atomic E-state index is 2.69. The third-order valence-electron chi connectivity index (χ3n) is 21.7. The predicted octanol–water partition coefficient (Wildman–Crippen LogP) is 14.8. The number of hydrogen-bond donors (Lipinski definition) is 0. The molecule has 6 aromatic rings. The van der Waals surface area contributed by atoms with Gasteiger partial charge in [0, 0.05) is 158 Å². The van der Waals surface area contributed by atoms with Gasteiger partial charge in [-0.25, -0.2) is 0 Å². The molecule has 8 aliphatic heterocycles. The van der Waals surface area contributed by atoms with Crippen molar-refractivity contribution in [2.24, 2.45) is 0 Å². The van der Waals surface area contributed by atoms with Gasteiger partial charge in [-0.15, -0.1) is 0 Å². The van der Waals surface area contributed by atoms with Gasteiger partial charge in [-0.1, -0.05) is 144 Å². The number of rotatable bonds is 7. The van der Waals surface area contributed by atoms with Crippen LogP contribution in [0.1, 0.15) is 124 Å². The van der Waals surface area contributed by atoms with E-state index < -0.39 is 0 Å². The Morgan fingerprint density at radius 3 is 1.13 bits per heavy atom. The summed E-state index contributed by atoms with van der Waals surface area (Å²) < 4.78 is 0. The molecule has 0 N–H and O–H groups in total. The molecule has 11 nitrogen and oxygen atoms in total. The van der Waals surface area contributed by atoms with Crippen molar-refractivity contribution in [3.8, 4) is 0 Å². The summed E-state index contributed by atoms with van der Waals surface area (Å²) >= 11 is 0. The molecule has 8 saturated heterocycles. The molecule has 11 heteroatoms. The van der Waals surface area contributed by atoms with Crippen LogP contribution in [0.2, 0.25) is 0 Å². The number of aryl methyl sites for hydroxylation is 6. The Labute approximate surface area is 573 Å². The normalized spacial score (nSPS) is 23.4. The first kappa shape index (κ1) is 74.0. The van der Waals surface area contributed by atoms with Gasteiger partial charge in [-0.2, -0.15) is 0 Å². The molecule has 5 unspecified atom stereocenters. The van der Waals surface area contributed by atoms with E-state index in [1.54, 1.807) is 0 Å². The van der Waals surface area contributed by atoms with E-state index in [9.17, 15) is 0 Å². The number of likely N-dealkylation sites (tertiary alicyclic amines) is 1. The molecule has 8 fully saturated rings. The van der Waals surface area contributed by atoms with E-state index in [1.165, 1.54) is 204 Å². The zero-order valence-corrected chi connectivity index (χ0v) is 60.3. The van der Waals surface area contributed by atoms with Gasteiger partial charge < -0.3 is 34.3 Å². The lowest BCUT2D eigenvalue weighted by Crippen LogP contribution is -2.55. The molecule has 0 saturated carbocycles. The summed E-state index contributed by atoms with van der Waals surface area (Å²) in [6.07, 6.45) is 9.64. The monoisotopic (exact) mass is 1280 g/mol. The number of hydrogen-bond acceptors (Lipinski definition) is 11. The molecule has 8 aliphatic rings. The smallest absolute Gasteiger partial charge is 0.0367 e. The fourth-order valence-corrected chi connectivity index (χ4v) is 14.7. The molecule has 0 aromatic heterocycles. The minimum Gasteiger partial charge on any atom is -0.369 e. The summed E-state index contributed by atoms with van der Waals surface area (Å²) in [6.45, 7) is 43.9. The highest BCUT2D eigenvalue weighted by Gasteiger charge is 2.32. The van der Waals surface area contributed by atoms with Crippen LogP contribution in [-0.4, -0.2) is 217 Å². The topological polar surface area (TPSA) is 35.6 Å². The molecule has 94 heavy (non-hydrogen) atoms. The van der Waals surface area contributed by atoms with E-state index in [4.69, 9.17) is 0 Å². The van der Waals surface area contributed by atoms with Crippen LogP contribution < -0.4 is 19.6 Å². The number of fused-ring (bicyclic) bond motifs is 2. The first-order valence-corrected chi connectivity index (χ1v) is 36.3. The molecule has 514 valence electrons. The van der Waals surface area contributed by atoms with Crippen LogP contribution in [0.3, 0.4) is 0 Å². The Kier molecular flexibility index (Phi) is 29.2. The van der Waals surface area contributed by atoms with Crippen LogP contribution in [-0.2, 0) is 6.54 Å². The predicted molar refractivity (Wildman–Crippen MR) is 407 cm³/mol. The van der Waals surface area contributed by atoms with Crippen molar-refractivity contribution in [3.63, 3.8) is 0 Å². The van der Waals surface area contributed by atoms with Gasteiger partial charge in [0.1, 0.15) is 0 Å². The standard InChI is InChI=1S/C15H22N2.C14H20N2.C14H22N2.2C13H20N2.C13H19N.CH4/c1-13-5-7-14(8-6-13)17-11-10-16-9-3-2-4-15(16)12-17;1-12-4-6-13(7-5-12)16-10-9-15-8-2-3-14(15)11-16;1-11-5-7-14(8-6-11)16-9-12(2)15(4)13(3)10-16;1-11-4-6-13(7-5-11)15-9-8-14(3)12(2)10-15;1-12-3-5-13(6-4-12)11-15-9-7-14(2)8-10-15;1-11-3-5-12(6-4-11)13-7-9-14(2)10-8-13;/h5-8,15H,2-4,9-12H2,1H3;4-7,14H,2-3,8-11H2,1H3;5-8,12-13H,9-10H2,1-4H3;4-7,12H,8-10H2,1-3H3;3-6H,7-11H2,1-2H3;3-6,13H,7-10H2,1-2H3;1H4. The van der Waals surface area contributed by atoms with Crippen LogP contribution >= 0.6 is 0 Å². The lowest BCUT2D eigenvalue weighted by atomic mass is 9.89. The van der Waals surface area contributed by atoms with Gasteiger partial charge in [-0.3, -0.25) is 19.6 Å². The third kappa shape index (κ3) is 22.7. The molecule has 0 amide bonds. The van der Waals surface area contributed by atoms with Crippen molar-refractivity contribution < 1.29 is 0 Å². The van der Waals surface area contributed by atoms with Crippen molar-refractivity contribution in [2.45, 2.75) is 157 Å². The highest BCUT2D eigenvalue weighted by Crippen LogP contribution is 2.30. The molecule has 14 rings (SSSR count). The second kappa shape index (κ2) is 37.1. The van der Waals surface area contributed by atoms with Crippen LogP contribution in [0.4, 0.5) is 22.7 Å². The average Bonchev–Trinajstić information content (AvgIpc) is 1.44. The maximum atomic E-state index is 2.69. The minimum absolute atomic E-state index is 0. The molecule has 5 atom stereocenters. The highest BCUT2D eigenvalue weighted by atomic mass is 15.3. The molecule has 0 bridgehead atoms. The first-order chi connectivity index (χ1) is 44.9. The Hall–Kier alpha value is -5.76. The Morgan fingerprint density at radius 2 is 0.681 bits per heavy atom. The number of piperazine rings is 5. The number of benzene rings is 6. The fourth-order valence-electron chi connectivity index (χ4n) is 14.7. The fraction of sp³-hybridized carbons (Fsp3) is 0.566. The zero-order valence-electron chi connectivity index (χ0n) is 60.3. The van der Waals surface area contributed by atoms with Crippen LogP contribution in [0.25, 0.3) is 0 Å². The quantitative estimate of drug-likeness (QED) is 0.153. The minimum atomic E-state index is 0. The van der Waals surface area contributed by atoms with Crippen molar-refractivity contribution in [1.82, 2.24) is 34.3 Å². The van der Waals surface area contributed by atoms with Gasteiger partial charge in [0.25, 0.3) is 0 Å². The Morgan fingerprint density at radius 1 is 0.319 bits per heavy atom. The van der Waals surface area contributed by atoms with Gasteiger partial charge in [0.05, 0.1) is 0 Å². The Balaban J connectivity index is 0.000000145. The average molecular weight is 1280 g/mol. The van der Waals surface area contributed by atoms with Crippen LogP contribution in [0.15, 0.2) is 146 Å². The van der Waals surface area contributed by atoms with E-state index in [2.05, 4.69) is 290 Å². The molecule has 0 spiro atoms. The van der Waals surface area contributed by atoms with E-state index in [0.717, 1.165) is 57.3 Å². The van der Waals surface area contributed by atoms with Crippen LogP contribution in [0.5, 0.6) is 0 Å². The molecule has 8 heterocycles. The largest absolute Gasteiger partial charge is 0.369 e. The van der Waals surface area contributed by atoms with Crippen molar-refractivity contribution >= 4 is 22.7 Å². The number of anilines is 4. The molecular weight excluding hydrogens is 1150 g/mol. The summed E-state index contributed by atoms with van der Waals surface area (Å²) in [5.41, 5.74) is 16.6. The van der Waals surface area contributed by atoms with Gasteiger partial charge in [0.15, 0.2) is 0 Å². The molecular formula is C83H127N11. The van der Waals surface area contributed by atoms with Gasteiger partial charge >= 0.3 is 0 Å². The number of likely N-dealkylation sites (N-methyl/N-ethyl adjacent to an activating group) is 3. The molecule has 0 aliphatic carbocycles. The van der Waals surface area contributed by atoms with Crippen LogP contribution in [0, 0.1) is 41.5 Å². The lowest BCUT2D eigenvalue weighted by Gasteiger charge is -2.45. The van der Waals surface area contributed by atoms with Gasteiger partial charge in [0.2, 0.25) is 0 Å². The first-order valence-electron chi connectivity index (χ1n) is 36.3. The number of nitrogens with zero attached hydrogens (tertiary/aromatic N) is 11. The molecule has 0 radical (unpaired) electrons. The zero-order chi connectivity index (χ0) is 65.8. The lowest BCUT2D eigenvalue weighted by molar-refractivity contribution is 0.133. The van der Waals surface area contributed by atoms with E-state index in [-0.39, 0.29) is 7.43 Å². The second-order valence-electron chi connectivity index (χ2n) is 29.3. The second-order valence-corrected chi connectivity index (χ2v) is 29.3. The Bertz CT molecular complexity index is 3030. The summed E-state index contributed by atoms with van der Waals surface area (Å²) in [4.78, 5) is 27.7. The van der Waals surface area contributed by atoms with Crippen molar-refractivity contribution in [3.05, 3.63) is 190 Å². The highest BCUT2D eigenvalue weighted by molar-refractivity contribution is 5.51. The summed E-state index contributed by atoms with van der Waals surface area (Å²) in [5, 5.41) is 0. The summed E-state index contributed by atoms with van der Waals surface area (Å²) in [6, 6.07) is 57.1. The van der Waals surface area contributed by atoms with Crippen molar-refractivity contribution in [1.29, 1.82) is 0 Å². The SMILES string of the molecule is C.Cc1ccc(C2CCN(C)CC2)cc1.Cc1ccc(CN2CCN(C)CC2)cc1.Cc1ccc(N2CC(C)N(C)C(C)C2)cc1.Cc1ccc(N2CCN(C)C(C)C2)cc1.Cc1ccc(N2CCN3CCCC3C2)cc1.Cc1ccc(N2CCN3CCCCC3C2)cc1. The number of piperidine rings is 2. The summed E-state index contributed by atoms with van der Waals surface area (Å²) in [7, 11) is 8.84. The van der Waals surface area contributed by atoms with E-state index in [1.807, 2.05) is 0 Å². The maximum Gasteiger partial charge on any atom is 0.0367 e. The third-order valence-corrected chi connectivity index (χ3v) is 21.7. The van der Waals surface area contributed by atoms with Gasteiger partial charge in [-0.05, 0) is 221 Å². The van der Waals surface area contributed by atoms with E-state index in [0.29, 0.717) is 18.1 Å². The summed E-state index contributed by atoms with van der Waals surface area (Å²) in [5.74, 6) is 0.798. The molecule has 6 aromatic carbocycles. The van der Waals surface area contributed by atoms with Crippen molar-refractivity contribution in [2.75, 3.05) is 172 Å².